The molecule has 3 rings (SSSR count). The molecule has 0 aromatic heterocycles. The molecule has 3 aliphatic rings. The Morgan fingerprint density at radius 3 is 2.46 bits per heavy atom. The van der Waals surface area contributed by atoms with E-state index in [1.807, 2.05) is 13.8 Å². The van der Waals surface area contributed by atoms with Crippen LogP contribution in [-0.2, 0) is 23.9 Å². The number of ether oxygens (including phenoxy) is 2. The Balaban J connectivity index is 2.08. The van der Waals surface area contributed by atoms with Crippen LogP contribution in [0.2, 0.25) is 0 Å². The van der Waals surface area contributed by atoms with E-state index >= 15 is 0 Å². The molecule has 0 saturated heterocycles. The van der Waals surface area contributed by atoms with Crippen LogP contribution in [-0.4, -0.2) is 29.3 Å². The molecule has 0 radical (unpaired) electrons. The lowest BCUT2D eigenvalue weighted by atomic mass is 9.76. The molecule has 0 spiro atoms. The maximum atomic E-state index is 12.3. The number of cyclic esters (lactones) is 3. The maximum Gasteiger partial charge on any atom is 0.342 e. The van der Waals surface area contributed by atoms with Crippen molar-refractivity contribution < 1.29 is 29.0 Å². The van der Waals surface area contributed by atoms with Gasteiger partial charge in [0.15, 0.2) is 0 Å². The van der Waals surface area contributed by atoms with Gasteiger partial charge in [-0.05, 0) is 37.5 Å². The summed E-state index contributed by atoms with van der Waals surface area (Å²) in [4.78, 5) is 36.4. The quantitative estimate of drug-likeness (QED) is 0.628. The van der Waals surface area contributed by atoms with Gasteiger partial charge in [-0.3, -0.25) is 0 Å². The van der Waals surface area contributed by atoms with Gasteiger partial charge >= 0.3 is 17.9 Å². The van der Waals surface area contributed by atoms with E-state index in [1.54, 1.807) is 0 Å². The SMILES string of the molecule is CCC[C@H]1C2=C(CCC3=C(C[C@H]1CC)C(=O)O[C@H]3O)C(=O)OC2=O. The van der Waals surface area contributed by atoms with Gasteiger partial charge in [-0.25, -0.2) is 14.4 Å². The summed E-state index contributed by atoms with van der Waals surface area (Å²) in [5.74, 6) is -1.71. The van der Waals surface area contributed by atoms with E-state index in [9.17, 15) is 19.5 Å². The van der Waals surface area contributed by atoms with Gasteiger partial charge in [-0.1, -0.05) is 26.7 Å². The van der Waals surface area contributed by atoms with E-state index in [-0.39, 0.29) is 18.3 Å². The molecule has 3 atom stereocenters. The van der Waals surface area contributed by atoms with Crippen molar-refractivity contribution in [3.63, 3.8) is 0 Å². The lowest BCUT2D eigenvalue weighted by Gasteiger charge is -2.26. The minimum atomic E-state index is -1.25. The van der Waals surface area contributed by atoms with Crippen LogP contribution in [0.1, 0.15) is 52.4 Å². The van der Waals surface area contributed by atoms with Crippen LogP contribution in [0.3, 0.4) is 0 Å². The molecule has 2 heterocycles. The third-order valence-corrected chi connectivity index (χ3v) is 5.30. The largest absolute Gasteiger partial charge is 0.428 e. The van der Waals surface area contributed by atoms with E-state index < -0.39 is 24.2 Å². The first-order valence-corrected chi connectivity index (χ1v) is 8.58. The molecule has 6 heteroatoms. The number of esters is 3. The molecule has 130 valence electrons. The van der Waals surface area contributed by atoms with Gasteiger partial charge in [-0.15, -0.1) is 0 Å². The fraction of sp³-hybridized carbons (Fsp3) is 0.611. The van der Waals surface area contributed by atoms with Crippen molar-refractivity contribution in [2.24, 2.45) is 11.8 Å². The van der Waals surface area contributed by atoms with Gasteiger partial charge in [-0.2, -0.15) is 0 Å². The molecule has 2 aliphatic heterocycles. The van der Waals surface area contributed by atoms with E-state index in [2.05, 4.69) is 0 Å². The molecule has 1 aliphatic carbocycles. The summed E-state index contributed by atoms with van der Waals surface area (Å²) in [5, 5.41) is 9.99. The van der Waals surface area contributed by atoms with Crippen LogP contribution in [0.15, 0.2) is 22.3 Å². The molecular weight excluding hydrogens is 312 g/mol. The van der Waals surface area contributed by atoms with Gasteiger partial charge in [0.05, 0.1) is 5.57 Å². The zero-order valence-corrected chi connectivity index (χ0v) is 14.0. The predicted octanol–water partition coefficient (Wildman–Crippen LogP) is 2.16. The van der Waals surface area contributed by atoms with Gasteiger partial charge in [0, 0.05) is 16.7 Å². The second-order valence-electron chi connectivity index (χ2n) is 6.60. The fourth-order valence-electron chi connectivity index (χ4n) is 4.08. The molecule has 0 saturated carbocycles. The topological polar surface area (TPSA) is 89.9 Å². The van der Waals surface area contributed by atoms with Crippen molar-refractivity contribution in [2.75, 3.05) is 0 Å². The Labute approximate surface area is 140 Å². The highest BCUT2D eigenvalue weighted by molar-refractivity contribution is 6.12. The second-order valence-corrected chi connectivity index (χ2v) is 6.60. The number of aliphatic hydroxyl groups excluding tert-OH is 1. The van der Waals surface area contributed by atoms with Crippen molar-refractivity contribution in [1.29, 1.82) is 0 Å². The van der Waals surface area contributed by atoms with Crippen LogP contribution in [0.5, 0.6) is 0 Å². The van der Waals surface area contributed by atoms with E-state index in [0.717, 1.165) is 19.3 Å². The van der Waals surface area contributed by atoms with Crippen molar-refractivity contribution in [1.82, 2.24) is 0 Å². The van der Waals surface area contributed by atoms with Gasteiger partial charge in [0.2, 0.25) is 6.29 Å². The maximum absolute atomic E-state index is 12.3. The number of rotatable bonds is 3. The van der Waals surface area contributed by atoms with Crippen molar-refractivity contribution in [3.8, 4) is 0 Å². The molecule has 6 nitrogen and oxygen atoms in total. The molecule has 0 unspecified atom stereocenters. The van der Waals surface area contributed by atoms with Crippen LogP contribution in [0.25, 0.3) is 0 Å². The van der Waals surface area contributed by atoms with Gasteiger partial charge in [0.1, 0.15) is 0 Å². The zero-order valence-electron chi connectivity index (χ0n) is 14.0. The molecule has 0 fully saturated rings. The van der Waals surface area contributed by atoms with E-state index in [4.69, 9.17) is 9.47 Å². The summed E-state index contributed by atoms with van der Waals surface area (Å²) in [7, 11) is 0. The fourth-order valence-corrected chi connectivity index (χ4v) is 4.08. The van der Waals surface area contributed by atoms with Crippen LogP contribution >= 0.6 is 0 Å². The molecular formula is C18H22O6. The monoisotopic (exact) mass is 334 g/mol. The molecule has 24 heavy (non-hydrogen) atoms. The summed E-state index contributed by atoms with van der Waals surface area (Å²) in [6.07, 6.45) is 2.17. The number of aliphatic hydroxyl groups is 1. The Morgan fingerprint density at radius 2 is 1.79 bits per heavy atom. The molecule has 0 amide bonds. The third kappa shape index (κ3) is 2.69. The van der Waals surface area contributed by atoms with Crippen molar-refractivity contribution in [3.05, 3.63) is 22.3 Å². The summed E-state index contributed by atoms with van der Waals surface area (Å²) < 4.78 is 9.81. The normalized spacial score (nSPS) is 30.5. The first kappa shape index (κ1) is 16.9. The van der Waals surface area contributed by atoms with Gasteiger partial charge < -0.3 is 14.6 Å². The van der Waals surface area contributed by atoms with Crippen LogP contribution in [0, 0.1) is 11.8 Å². The first-order valence-electron chi connectivity index (χ1n) is 8.58. The molecule has 0 bridgehead atoms. The highest BCUT2D eigenvalue weighted by Crippen LogP contribution is 2.43. The lowest BCUT2D eigenvalue weighted by Crippen LogP contribution is -2.22. The number of hydrogen-bond donors (Lipinski definition) is 1. The number of carbonyl (C=O) groups excluding carboxylic acids is 3. The lowest BCUT2D eigenvalue weighted by molar-refractivity contribution is -0.153. The van der Waals surface area contributed by atoms with Crippen molar-refractivity contribution >= 4 is 17.9 Å². The summed E-state index contributed by atoms with van der Waals surface area (Å²) in [5.41, 5.74) is 1.93. The zero-order chi connectivity index (χ0) is 17.4. The molecule has 1 N–H and O–H groups in total. The highest BCUT2D eigenvalue weighted by atomic mass is 16.6. The Hall–Kier alpha value is -1.95. The summed E-state index contributed by atoms with van der Waals surface area (Å²) in [6, 6.07) is 0. The average molecular weight is 334 g/mol. The minimum absolute atomic E-state index is 0.0225. The summed E-state index contributed by atoms with van der Waals surface area (Å²) >= 11 is 0. The highest BCUT2D eigenvalue weighted by Gasteiger charge is 2.43. The van der Waals surface area contributed by atoms with Gasteiger partial charge in [0.25, 0.3) is 0 Å². The Kier molecular flexibility index (Phi) is 4.58. The Morgan fingerprint density at radius 1 is 1.04 bits per heavy atom. The average Bonchev–Trinajstić information content (AvgIpc) is 2.98. The van der Waals surface area contributed by atoms with E-state index in [0.29, 0.717) is 35.1 Å². The third-order valence-electron chi connectivity index (χ3n) is 5.30. The van der Waals surface area contributed by atoms with Crippen LogP contribution < -0.4 is 0 Å². The van der Waals surface area contributed by atoms with Crippen LogP contribution in [0.4, 0.5) is 0 Å². The standard InChI is InChI=1S/C18H22O6/c1-3-5-10-9(4-2)8-13-11(15(19)23-17(13)21)6-7-12-14(10)18(22)24-16(12)20/h9-10,15,19H,3-8H2,1-2H3/t9-,10-,15-/m1/s1. The minimum Gasteiger partial charge on any atom is -0.428 e. The number of hydrogen-bond acceptors (Lipinski definition) is 6. The molecule has 0 aromatic rings. The summed E-state index contributed by atoms with van der Waals surface area (Å²) in [6.45, 7) is 4.03. The predicted molar refractivity (Wildman–Crippen MR) is 83.3 cm³/mol. The van der Waals surface area contributed by atoms with E-state index in [1.165, 1.54) is 0 Å². The van der Waals surface area contributed by atoms with Crippen molar-refractivity contribution in [2.45, 2.75) is 58.7 Å². The smallest absolute Gasteiger partial charge is 0.342 e. The number of carbonyl (C=O) groups is 3. The molecule has 0 aromatic carbocycles. The Bertz CT molecular complexity index is 656. The first-order chi connectivity index (χ1) is 11.5. The second kappa shape index (κ2) is 6.51.